The maximum absolute atomic E-state index is 14.3. The van der Waals surface area contributed by atoms with Crippen LogP contribution in [-0.4, -0.2) is 30.4 Å². The molecule has 1 heterocycles. The normalized spacial score (nSPS) is 14.9. The number of nitrogens with zero attached hydrogens (tertiary/aromatic N) is 2. The van der Waals surface area contributed by atoms with Crippen molar-refractivity contribution in [2.75, 3.05) is 18.6 Å². The first-order chi connectivity index (χ1) is 14.6. The summed E-state index contributed by atoms with van der Waals surface area (Å²) in [5.41, 5.74) is 4.62. The second kappa shape index (κ2) is 11.8. The lowest BCUT2D eigenvalue weighted by Crippen LogP contribution is -2.13. The molecule has 0 radical (unpaired) electrons. The molecule has 1 aromatic heterocycles. The molecule has 30 heavy (non-hydrogen) atoms. The number of esters is 1. The molecule has 1 aliphatic rings. The van der Waals surface area contributed by atoms with Gasteiger partial charge in [-0.15, -0.1) is 11.3 Å². The zero-order valence-corrected chi connectivity index (χ0v) is 18.0. The fourth-order valence-electron chi connectivity index (χ4n) is 3.41. The molecule has 0 aliphatic heterocycles. The van der Waals surface area contributed by atoms with Crippen LogP contribution in [0.15, 0.2) is 28.7 Å². The third kappa shape index (κ3) is 7.18. The van der Waals surface area contributed by atoms with Gasteiger partial charge in [-0.05, 0) is 37.3 Å². The first-order valence-corrected chi connectivity index (χ1v) is 11.3. The molecule has 1 fully saturated rings. The van der Waals surface area contributed by atoms with Gasteiger partial charge in [0.2, 0.25) is 5.13 Å². The van der Waals surface area contributed by atoms with Gasteiger partial charge in [0.25, 0.3) is 0 Å². The molecule has 1 N–H and O–H groups in total. The van der Waals surface area contributed by atoms with Crippen molar-refractivity contribution in [3.63, 3.8) is 0 Å². The minimum Gasteiger partial charge on any atom is -0.466 e. The quantitative estimate of drug-likeness (QED) is 0.327. The molecular formula is C22H28FN3O3S. The lowest BCUT2D eigenvalue weighted by Gasteiger charge is -2.21. The molecular weight excluding hydrogens is 405 g/mol. The number of benzene rings is 1. The van der Waals surface area contributed by atoms with Crippen molar-refractivity contribution in [1.29, 1.82) is 0 Å². The second-order valence-electron chi connectivity index (χ2n) is 7.37. The Morgan fingerprint density at radius 2 is 2.20 bits per heavy atom. The van der Waals surface area contributed by atoms with Crippen molar-refractivity contribution in [3.05, 3.63) is 46.2 Å². The van der Waals surface area contributed by atoms with E-state index in [4.69, 9.17) is 9.47 Å². The van der Waals surface area contributed by atoms with E-state index >= 15 is 0 Å². The zero-order valence-electron chi connectivity index (χ0n) is 17.2. The van der Waals surface area contributed by atoms with E-state index in [1.54, 1.807) is 18.4 Å². The molecule has 2 aromatic rings. The highest BCUT2D eigenvalue weighted by Gasteiger charge is 2.14. The number of thiazole rings is 1. The number of hydrogen-bond acceptors (Lipinski definition) is 7. The molecule has 0 spiro atoms. The number of aromatic nitrogens is 1. The summed E-state index contributed by atoms with van der Waals surface area (Å²) < 4.78 is 25.0. The van der Waals surface area contributed by atoms with Crippen LogP contribution in [-0.2, 0) is 27.3 Å². The van der Waals surface area contributed by atoms with Crippen molar-refractivity contribution in [2.45, 2.75) is 52.1 Å². The number of carbonyl (C=O) groups is 1. The molecule has 3 rings (SSSR count). The molecule has 0 bridgehead atoms. The van der Waals surface area contributed by atoms with E-state index in [1.165, 1.54) is 55.7 Å². The molecule has 0 unspecified atom stereocenters. The number of hydrazone groups is 1. The molecule has 1 aromatic carbocycles. The summed E-state index contributed by atoms with van der Waals surface area (Å²) in [6.45, 7) is 3.11. The minimum absolute atomic E-state index is 0.130. The fourth-order valence-corrected chi connectivity index (χ4v) is 4.07. The standard InChI is InChI=1S/C22H28FN3O3S/c1-2-29-21(27)11-19-15-30-22(25-19)26-24-12-17-8-9-18(20(23)10-17)14-28-13-16-6-4-3-5-7-16/h8-10,12,15-16H,2-7,11,13-14H2,1H3,(H,25,26). The number of rotatable bonds is 10. The Morgan fingerprint density at radius 3 is 2.97 bits per heavy atom. The highest BCUT2D eigenvalue weighted by atomic mass is 32.1. The average molecular weight is 434 g/mol. The number of ether oxygens (including phenoxy) is 2. The van der Waals surface area contributed by atoms with Gasteiger partial charge in [0.1, 0.15) is 5.82 Å². The van der Waals surface area contributed by atoms with E-state index in [9.17, 15) is 9.18 Å². The van der Waals surface area contributed by atoms with Crippen LogP contribution >= 0.6 is 11.3 Å². The largest absolute Gasteiger partial charge is 0.466 e. The Labute approximate surface area is 180 Å². The monoisotopic (exact) mass is 433 g/mol. The van der Waals surface area contributed by atoms with E-state index in [-0.39, 0.29) is 18.2 Å². The molecule has 162 valence electrons. The SMILES string of the molecule is CCOC(=O)Cc1csc(NN=Cc2ccc(COCC3CCCCC3)c(F)c2)n1. The van der Waals surface area contributed by atoms with Crippen molar-refractivity contribution in [3.8, 4) is 0 Å². The van der Waals surface area contributed by atoms with E-state index in [2.05, 4.69) is 15.5 Å². The lowest BCUT2D eigenvalue weighted by molar-refractivity contribution is -0.142. The van der Waals surface area contributed by atoms with Gasteiger partial charge in [-0.1, -0.05) is 31.4 Å². The summed E-state index contributed by atoms with van der Waals surface area (Å²) in [4.78, 5) is 15.7. The Kier molecular flexibility index (Phi) is 8.77. The van der Waals surface area contributed by atoms with Gasteiger partial charge in [-0.3, -0.25) is 10.2 Å². The van der Waals surface area contributed by atoms with E-state index in [0.717, 1.165) is 0 Å². The Bertz CT molecular complexity index is 850. The minimum atomic E-state index is -0.309. The zero-order chi connectivity index (χ0) is 21.2. The highest BCUT2D eigenvalue weighted by Crippen LogP contribution is 2.24. The van der Waals surface area contributed by atoms with Gasteiger partial charge in [0.05, 0.1) is 31.5 Å². The Balaban J connectivity index is 1.45. The summed E-state index contributed by atoms with van der Waals surface area (Å²) in [6, 6.07) is 4.98. The third-order valence-electron chi connectivity index (χ3n) is 4.97. The molecule has 8 heteroatoms. The Morgan fingerprint density at radius 1 is 1.37 bits per heavy atom. The van der Waals surface area contributed by atoms with Crippen LogP contribution in [0.3, 0.4) is 0 Å². The summed E-state index contributed by atoms with van der Waals surface area (Å²) in [7, 11) is 0. The summed E-state index contributed by atoms with van der Waals surface area (Å²) in [5.74, 6) is 0.00710. The van der Waals surface area contributed by atoms with Crippen molar-refractivity contribution in [1.82, 2.24) is 4.98 Å². The van der Waals surface area contributed by atoms with Gasteiger partial charge >= 0.3 is 5.97 Å². The van der Waals surface area contributed by atoms with E-state index in [1.807, 2.05) is 6.07 Å². The number of anilines is 1. The van der Waals surface area contributed by atoms with Crippen LogP contribution in [0.25, 0.3) is 0 Å². The summed E-state index contributed by atoms with van der Waals surface area (Å²) in [6.07, 6.45) is 7.96. The van der Waals surface area contributed by atoms with Gasteiger partial charge in [-0.25, -0.2) is 9.37 Å². The van der Waals surface area contributed by atoms with Gasteiger partial charge in [-0.2, -0.15) is 5.10 Å². The first-order valence-electron chi connectivity index (χ1n) is 10.4. The average Bonchev–Trinajstić information content (AvgIpc) is 3.17. The maximum Gasteiger partial charge on any atom is 0.311 e. The van der Waals surface area contributed by atoms with E-state index in [0.29, 0.717) is 47.7 Å². The summed E-state index contributed by atoms with van der Waals surface area (Å²) in [5, 5.41) is 6.42. The number of carbonyl (C=O) groups excluding carboxylic acids is 1. The van der Waals surface area contributed by atoms with Crippen LogP contribution in [0.2, 0.25) is 0 Å². The van der Waals surface area contributed by atoms with Crippen LogP contribution in [0.1, 0.15) is 55.8 Å². The second-order valence-corrected chi connectivity index (χ2v) is 8.22. The predicted octanol–water partition coefficient (Wildman–Crippen LogP) is 4.93. The molecule has 1 saturated carbocycles. The van der Waals surface area contributed by atoms with Crippen LogP contribution < -0.4 is 5.43 Å². The first kappa shape index (κ1) is 22.4. The van der Waals surface area contributed by atoms with Crippen LogP contribution in [0.5, 0.6) is 0 Å². The van der Waals surface area contributed by atoms with Crippen LogP contribution in [0, 0.1) is 11.7 Å². The molecule has 6 nitrogen and oxygen atoms in total. The van der Waals surface area contributed by atoms with Crippen molar-refractivity contribution >= 4 is 28.7 Å². The highest BCUT2D eigenvalue weighted by molar-refractivity contribution is 7.13. The smallest absolute Gasteiger partial charge is 0.311 e. The topological polar surface area (TPSA) is 72.8 Å². The summed E-state index contributed by atoms with van der Waals surface area (Å²) >= 11 is 1.34. The van der Waals surface area contributed by atoms with Gasteiger partial charge in [0.15, 0.2) is 0 Å². The molecule has 0 atom stereocenters. The number of nitrogens with one attached hydrogen (secondary N) is 1. The number of halogens is 1. The van der Waals surface area contributed by atoms with Crippen molar-refractivity contribution in [2.24, 2.45) is 11.0 Å². The van der Waals surface area contributed by atoms with Gasteiger partial charge < -0.3 is 9.47 Å². The maximum atomic E-state index is 14.3. The Hall–Kier alpha value is -2.32. The van der Waals surface area contributed by atoms with E-state index < -0.39 is 0 Å². The third-order valence-corrected chi connectivity index (χ3v) is 5.77. The molecule has 0 amide bonds. The molecule has 0 saturated heterocycles. The lowest BCUT2D eigenvalue weighted by atomic mass is 9.90. The van der Waals surface area contributed by atoms with Crippen molar-refractivity contribution < 1.29 is 18.7 Å². The fraction of sp³-hybridized carbons (Fsp3) is 0.500. The predicted molar refractivity (Wildman–Crippen MR) is 116 cm³/mol. The molecule has 1 aliphatic carbocycles. The number of hydrogen-bond donors (Lipinski definition) is 1. The van der Waals surface area contributed by atoms with Crippen LogP contribution in [0.4, 0.5) is 9.52 Å². The van der Waals surface area contributed by atoms with Gasteiger partial charge in [0, 0.05) is 17.6 Å².